The van der Waals surface area contributed by atoms with E-state index in [1.54, 1.807) is 36.2 Å². The van der Waals surface area contributed by atoms with Gasteiger partial charge in [-0.3, -0.25) is 19.4 Å². The van der Waals surface area contributed by atoms with Crippen molar-refractivity contribution >= 4 is 17.7 Å². The highest BCUT2D eigenvalue weighted by atomic mass is 16.2. The van der Waals surface area contributed by atoms with Crippen LogP contribution in [0.3, 0.4) is 0 Å². The molecule has 0 radical (unpaired) electrons. The Kier molecular flexibility index (Phi) is 6.93. The molecule has 1 aliphatic heterocycles. The van der Waals surface area contributed by atoms with Gasteiger partial charge in [-0.25, -0.2) is 9.48 Å². The number of fused-ring (bicyclic) bond motifs is 3. The highest BCUT2D eigenvalue weighted by Crippen LogP contribution is 2.48. The first-order valence-corrected chi connectivity index (χ1v) is 14.5. The van der Waals surface area contributed by atoms with Crippen molar-refractivity contribution in [1.29, 1.82) is 5.26 Å². The summed E-state index contributed by atoms with van der Waals surface area (Å²) in [7, 11) is 1.56. The Balaban J connectivity index is 1.45. The van der Waals surface area contributed by atoms with Crippen LogP contribution < -0.4 is 22.5 Å². The molecule has 0 bridgehead atoms. The molecule has 2 fully saturated rings. The molecule has 6 N–H and O–H groups in total. The van der Waals surface area contributed by atoms with Crippen LogP contribution in [0.25, 0.3) is 0 Å². The van der Waals surface area contributed by atoms with Crippen molar-refractivity contribution in [3.8, 4) is 6.07 Å². The molecule has 1 saturated carbocycles. The van der Waals surface area contributed by atoms with Gasteiger partial charge in [-0.1, -0.05) is 12.1 Å². The molecule has 4 atom stereocenters. The number of hydrogen-bond acceptors (Lipinski definition) is 7. The highest BCUT2D eigenvalue weighted by molar-refractivity contribution is 5.94. The fourth-order valence-corrected chi connectivity index (χ4v) is 7.14. The van der Waals surface area contributed by atoms with Crippen molar-refractivity contribution in [2.45, 2.75) is 62.6 Å². The molecule has 3 aromatic rings. The number of carbonyl (C=O) groups excluding carboxylic acids is 3. The van der Waals surface area contributed by atoms with Crippen molar-refractivity contribution in [3.05, 3.63) is 86.1 Å². The fourth-order valence-electron chi connectivity index (χ4n) is 7.14. The number of amides is 3. The standard InChI is InChI=1S/C31H34N8O4/c1-16(35-15-26(40)39-22(14-32)11-21-12-25(21)39)13-31(29-36-30(43)38(2)37-29)23-7-5-19(27(33)41)9-17(23)3-4-18-10-20(28(34)42)6-8-24(18)31/h5-10,16,21-22,25,35H,3-4,11-13,15H2,1-2H3,(H2,33,41)(H2,34,42)(H,36,37,43)/t16-,21+,22-,25-/m0/s1. The summed E-state index contributed by atoms with van der Waals surface area (Å²) in [4.78, 5) is 55.0. The average molecular weight is 583 g/mol. The average Bonchev–Trinajstić information content (AvgIpc) is 3.56. The maximum Gasteiger partial charge on any atom is 0.343 e. The third kappa shape index (κ3) is 4.79. The monoisotopic (exact) mass is 582 g/mol. The SMILES string of the molecule is C[C@@H](CC1(c2nn(C)c(=O)[nH]2)c2ccc(C(N)=O)cc2CCc2cc(C(N)=O)ccc21)NCC(=O)N1[C@H](C#N)C[C@@H]2C[C@@H]21. The van der Waals surface area contributed by atoms with Crippen LogP contribution in [0.5, 0.6) is 0 Å². The molecule has 43 heavy (non-hydrogen) atoms. The maximum atomic E-state index is 13.3. The molecule has 1 saturated heterocycles. The quantitative estimate of drug-likeness (QED) is 0.299. The molecule has 3 amide bonds. The minimum atomic E-state index is -1.03. The lowest BCUT2D eigenvalue weighted by Crippen LogP contribution is -2.46. The Morgan fingerprint density at radius 3 is 2.21 bits per heavy atom. The maximum absolute atomic E-state index is 13.3. The summed E-state index contributed by atoms with van der Waals surface area (Å²) < 4.78 is 1.24. The third-order valence-electron chi connectivity index (χ3n) is 9.29. The number of aromatic nitrogens is 3. The Morgan fingerprint density at radius 1 is 1.09 bits per heavy atom. The van der Waals surface area contributed by atoms with Gasteiger partial charge in [0.15, 0.2) is 0 Å². The lowest BCUT2D eigenvalue weighted by molar-refractivity contribution is -0.131. The van der Waals surface area contributed by atoms with Crippen LogP contribution in [0.1, 0.15) is 75.0 Å². The van der Waals surface area contributed by atoms with Crippen LogP contribution in [-0.4, -0.2) is 62.1 Å². The van der Waals surface area contributed by atoms with E-state index in [2.05, 4.69) is 21.5 Å². The molecular weight excluding hydrogens is 548 g/mol. The van der Waals surface area contributed by atoms with Crippen LogP contribution in [-0.2, 0) is 30.1 Å². The molecule has 12 nitrogen and oxygen atoms in total. The zero-order chi connectivity index (χ0) is 30.6. The number of likely N-dealkylation sites (tertiary alicyclic amines) is 1. The minimum Gasteiger partial charge on any atom is -0.366 e. The number of benzene rings is 2. The summed E-state index contributed by atoms with van der Waals surface area (Å²) in [6.07, 6.45) is 3.12. The second-order valence-corrected chi connectivity index (χ2v) is 12.0. The number of nitrogens with zero attached hydrogens (tertiary/aromatic N) is 4. The summed E-state index contributed by atoms with van der Waals surface area (Å²) in [5.74, 6) is -0.400. The van der Waals surface area contributed by atoms with Gasteiger partial charge in [0.25, 0.3) is 0 Å². The number of hydrogen-bond donors (Lipinski definition) is 4. The Morgan fingerprint density at radius 2 is 1.70 bits per heavy atom. The first-order valence-electron chi connectivity index (χ1n) is 14.5. The van der Waals surface area contributed by atoms with Crippen molar-refractivity contribution in [2.24, 2.45) is 24.4 Å². The van der Waals surface area contributed by atoms with Crippen LogP contribution in [0.2, 0.25) is 0 Å². The number of rotatable bonds is 8. The van der Waals surface area contributed by atoms with E-state index in [9.17, 15) is 24.4 Å². The van der Waals surface area contributed by atoms with E-state index < -0.39 is 29.0 Å². The number of carbonyl (C=O) groups is 3. The van der Waals surface area contributed by atoms with Crippen molar-refractivity contribution in [2.75, 3.05) is 6.54 Å². The second-order valence-electron chi connectivity index (χ2n) is 12.0. The van der Waals surface area contributed by atoms with E-state index in [4.69, 9.17) is 11.5 Å². The molecule has 2 aliphatic carbocycles. The molecule has 12 heteroatoms. The van der Waals surface area contributed by atoms with Gasteiger partial charge in [0.2, 0.25) is 17.7 Å². The van der Waals surface area contributed by atoms with Crippen LogP contribution >= 0.6 is 0 Å². The predicted molar refractivity (Wildman–Crippen MR) is 156 cm³/mol. The second kappa shape index (κ2) is 10.5. The Labute approximate surface area is 248 Å². The largest absolute Gasteiger partial charge is 0.366 e. The minimum absolute atomic E-state index is 0.0539. The molecule has 3 aliphatic rings. The third-order valence-corrected chi connectivity index (χ3v) is 9.29. The smallest absolute Gasteiger partial charge is 0.343 e. The van der Waals surface area contributed by atoms with E-state index in [0.717, 1.165) is 35.1 Å². The summed E-state index contributed by atoms with van der Waals surface area (Å²) >= 11 is 0. The topological polar surface area (TPSA) is 193 Å². The first-order chi connectivity index (χ1) is 20.5. The fraction of sp³-hybridized carbons (Fsp3) is 0.419. The summed E-state index contributed by atoms with van der Waals surface area (Å²) in [6, 6.07) is 12.3. The van der Waals surface area contributed by atoms with Gasteiger partial charge in [-0.05, 0) is 91.5 Å². The van der Waals surface area contributed by atoms with Crippen molar-refractivity contribution in [1.82, 2.24) is 25.0 Å². The summed E-state index contributed by atoms with van der Waals surface area (Å²) in [5, 5.41) is 17.6. The molecule has 2 heterocycles. The lowest BCUT2D eigenvalue weighted by atomic mass is 9.67. The van der Waals surface area contributed by atoms with Gasteiger partial charge in [0.1, 0.15) is 11.9 Å². The van der Waals surface area contributed by atoms with Gasteiger partial charge in [-0.15, -0.1) is 0 Å². The molecular formula is C31H34N8O4. The van der Waals surface area contributed by atoms with E-state index in [-0.39, 0.29) is 24.5 Å². The molecule has 0 spiro atoms. The van der Waals surface area contributed by atoms with E-state index in [1.807, 2.05) is 19.1 Å². The zero-order valence-electron chi connectivity index (χ0n) is 24.1. The van der Waals surface area contributed by atoms with Crippen LogP contribution in [0.4, 0.5) is 0 Å². The Hall–Kier alpha value is -4.76. The first kappa shape index (κ1) is 28.4. The molecule has 0 unspecified atom stereocenters. The van der Waals surface area contributed by atoms with Crippen molar-refractivity contribution in [3.63, 3.8) is 0 Å². The Bertz CT molecular complexity index is 1690. The number of nitrogens with one attached hydrogen (secondary N) is 2. The molecule has 222 valence electrons. The number of aryl methyl sites for hydroxylation is 3. The molecule has 6 rings (SSSR count). The van der Waals surface area contributed by atoms with E-state index >= 15 is 0 Å². The van der Waals surface area contributed by atoms with Gasteiger partial charge < -0.3 is 21.7 Å². The zero-order valence-corrected chi connectivity index (χ0v) is 24.1. The number of nitriles is 1. The van der Waals surface area contributed by atoms with Crippen LogP contribution in [0.15, 0.2) is 41.2 Å². The predicted octanol–water partition coefficient (Wildman–Crippen LogP) is 0.620. The molecule has 2 aromatic carbocycles. The number of H-pyrrole nitrogens is 1. The number of nitrogens with two attached hydrogens (primary N) is 2. The number of primary amides is 2. The van der Waals surface area contributed by atoms with Crippen LogP contribution in [0, 0.1) is 17.2 Å². The van der Waals surface area contributed by atoms with E-state index in [0.29, 0.717) is 42.1 Å². The van der Waals surface area contributed by atoms with Gasteiger partial charge >= 0.3 is 5.69 Å². The lowest BCUT2D eigenvalue weighted by Gasteiger charge is -2.37. The number of aromatic amines is 1. The van der Waals surface area contributed by atoms with Gasteiger partial charge in [-0.2, -0.15) is 10.4 Å². The molecule has 1 aromatic heterocycles. The van der Waals surface area contributed by atoms with Gasteiger partial charge in [0.05, 0.1) is 18.0 Å². The summed E-state index contributed by atoms with van der Waals surface area (Å²) in [5.41, 5.74) is 14.0. The van der Waals surface area contributed by atoms with Gasteiger partial charge in [0, 0.05) is 30.3 Å². The van der Waals surface area contributed by atoms with Crippen molar-refractivity contribution < 1.29 is 14.4 Å². The summed E-state index contributed by atoms with van der Waals surface area (Å²) in [6.45, 7) is 2.01. The number of piperidine rings is 1. The normalized spacial score (nSPS) is 22.0. The van der Waals surface area contributed by atoms with E-state index in [1.165, 1.54) is 4.68 Å². The highest BCUT2D eigenvalue weighted by Gasteiger charge is 2.54.